The molecule has 0 spiro atoms. The normalized spacial score (nSPS) is 11.9. The second-order valence-electron chi connectivity index (χ2n) is 4.29. The number of non-ortho nitro benzene ring substituents is 1. The van der Waals surface area contributed by atoms with Crippen molar-refractivity contribution < 1.29 is 9.72 Å². The topological polar surface area (TPSA) is 85.1 Å². The van der Waals surface area contributed by atoms with E-state index < -0.39 is 4.92 Å². The lowest BCUT2D eigenvalue weighted by Gasteiger charge is -2.10. The highest BCUT2D eigenvalue weighted by Crippen LogP contribution is 2.26. The molecule has 1 aromatic carbocycles. The molecule has 1 atom stereocenters. The maximum absolute atomic E-state index is 12.0. The largest absolute Gasteiger partial charge is 0.301 e. The van der Waals surface area contributed by atoms with Gasteiger partial charge in [-0.05, 0) is 26.0 Å². The molecule has 0 unspecified atom stereocenters. The van der Waals surface area contributed by atoms with Crippen molar-refractivity contribution in [3.8, 4) is 0 Å². The van der Waals surface area contributed by atoms with E-state index in [2.05, 4.69) is 10.3 Å². The Balaban J connectivity index is 1.95. The predicted octanol–water partition coefficient (Wildman–Crippen LogP) is 3.48. The zero-order valence-electron chi connectivity index (χ0n) is 11.4. The van der Waals surface area contributed by atoms with Crippen LogP contribution in [0.15, 0.2) is 34.5 Å². The van der Waals surface area contributed by atoms with Crippen molar-refractivity contribution in [3.63, 3.8) is 0 Å². The summed E-state index contributed by atoms with van der Waals surface area (Å²) < 4.78 is 0. The highest BCUT2D eigenvalue weighted by molar-refractivity contribution is 8.00. The third-order valence-corrected chi connectivity index (χ3v) is 4.57. The number of anilines is 1. The minimum Gasteiger partial charge on any atom is -0.301 e. The van der Waals surface area contributed by atoms with E-state index in [-0.39, 0.29) is 16.8 Å². The summed E-state index contributed by atoms with van der Waals surface area (Å²) in [6.45, 7) is 3.64. The van der Waals surface area contributed by atoms with Gasteiger partial charge >= 0.3 is 0 Å². The fourth-order valence-corrected chi connectivity index (χ4v) is 3.08. The van der Waals surface area contributed by atoms with Gasteiger partial charge in [-0.25, -0.2) is 4.98 Å². The first-order valence-corrected chi connectivity index (χ1v) is 7.86. The molecule has 0 aliphatic carbocycles. The van der Waals surface area contributed by atoms with Gasteiger partial charge < -0.3 is 5.32 Å². The van der Waals surface area contributed by atoms with Gasteiger partial charge in [0.15, 0.2) is 5.13 Å². The van der Waals surface area contributed by atoms with Crippen molar-refractivity contribution in [2.45, 2.75) is 24.0 Å². The number of hydrogen-bond acceptors (Lipinski definition) is 6. The Labute approximate surface area is 129 Å². The van der Waals surface area contributed by atoms with Crippen LogP contribution in [-0.2, 0) is 4.79 Å². The number of carbonyl (C=O) groups excluding carboxylic acids is 1. The van der Waals surface area contributed by atoms with Gasteiger partial charge in [0.25, 0.3) is 5.69 Å². The van der Waals surface area contributed by atoms with E-state index in [4.69, 9.17) is 0 Å². The number of nitrogens with one attached hydrogen (secondary N) is 1. The van der Waals surface area contributed by atoms with Crippen LogP contribution in [0.2, 0.25) is 0 Å². The summed E-state index contributed by atoms with van der Waals surface area (Å²) in [5, 5.41) is 15.4. The van der Waals surface area contributed by atoms with Crippen molar-refractivity contribution in [1.29, 1.82) is 0 Å². The first-order valence-electron chi connectivity index (χ1n) is 6.10. The number of aryl methyl sites for hydroxylation is 1. The molecule has 2 aromatic rings. The Bertz CT molecular complexity index is 655. The minimum absolute atomic E-state index is 0.0368. The monoisotopic (exact) mass is 323 g/mol. The number of carbonyl (C=O) groups is 1. The lowest BCUT2D eigenvalue weighted by molar-refractivity contribution is -0.384. The summed E-state index contributed by atoms with van der Waals surface area (Å²) in [7, 11) is 0. The average Bonchev–Trinajstić information content (AvgIpc) is 2.84. The summed E-state index contributed by atoms with van der Waals surface area (Å²) in [5.41, 5.74) is 0.903. The van der Waals surface area contributed by atoms with Crippen molar-refractivity contribution >= 4 is 39.8 Å². The minimum atomic E-state index is -0.449. The van der Waals surface area contributed by atoms with Gasteiger partial charge in [-0.3, -0.25) is 14.9 Å². The van der Waals surface area contributed by atoms with Crippen molar-refractivity contribution in [3.05, 3.63) is 45.5 Å². The maximum Gasteiger partial charge on any atom is 0.269 e. The molecule has 8 heteroatoms. The number of benzene rings is 1. The SMILES string of the molecule is Cc1csc(NC(=O)[C@H](C)Sc2ccc([N+](=O)[O-])cc2)n1. The molecule has 1 heterocycles. The maximum atomic E-state index is 12.0. The average molecular weight is 323 g/mol. The number of aromatic nitrogens is 1. The molecule has 0 fully saturated rings. The van der Waals surface area contributed by atoms with Gasteiger partial charge in [0.05, 0.1) is 15.9 Å². The standard InChI is InChI=1S/C13H13N3O3S2/c1-8-7-20-13(14-8)15-12(17)9(2)21-11-5-3-10(4-6-11)16(18)19/h3-7,9H,1-2H3,(H,14,15,17)/t9-/m0/s1. The summed E-state index contributed by atoms with van der Waals surface area (Å²) in [5.74, 6) is -0.146. The fraction of sp³-hybridized carbons (Fsp3) is 0.231. The van der Waals surface area contributed by atoms with Gasteiger partial charge in [-0.15, -0.1) is 23.1 Å². The summed E-state index contributed by atoms with van der Waals surface area (Å²) >= 11 is 2.72. The van der Waals surface area contributed by atoms with E-state index in [1.165, 1.54) is 35.2 Å². The van der Waals surface area contributed by atoms with E-state index in [9.17, 15) is 14.9 Å². The van der Waals surface area contributed by atoms with Gasteiger partial charge in [-0.2, -0.15) is 0 Å². The molecule has 2 rings (SSSR count). The number of amides is 1. The molecule has 110 valence electrons. The molecule has 0 saturated carbocycles. The number of rotatable bonds is 5. The smallest absolute Gasteiger partial charge is 0.269 e. The molecule has 0 saturated heterocycles. The number of thioether (sulfide) groups is 1. The Morgan fingerprint density at radius 1 is 1.43 bits per heavy atom. The Hall–Kier alpha value is -1.93. The van der Waals surface area contributed by atoms with Crippen LogP contribution in [-0.4, -0.2) is 21.1 Å². The third-order valence-electron chi connectivity index (χ3n) is 2.58. The second kappa shape index (κ2) is 6.68. The number of nitro groups is 1. The van der Waals surface area contributed by atoms with Crippen LogP contribution < -0.4 is 5.32 Å². The molecule has 0 aliphatic rings. The highest BCUT2D eigenvalue weighted by Gasteiger charge is 2.16. The predicted molar refractivity (Wildman–Crippen MR) is 83.9 cm³/mol. The number of hydrogen-bond donors (Lipinski definition) is 1. The van der Waals surface area contributed by atoms with Gasteiger partial charge in [0, 0.05) is 22.4 Å². The Morgan fingerprint density at radius 2 is 2.10 bits per heavy atom. The Kier molecular flexibility index (Phi) is 4.92. The lowest BCUT2D eigenvalue weighted by Crippen LogP contribution is -2.22. The van der Waals surface area contributed by atoms with Gasteiger partial charge in [0.2, 0.25) is 5.91 Å². The summed E-state index contributed by atoms with van der Waals surface area (Å²) in [6.07, 6.45) is 0. The van der Waals surface area contributed by atoms with E-state index in [0.29, 0.717) is 5.13 Å². The second-order valence-corrected chi connectivity index (χ2v) is 6.57. The number of nitrogens with zero attached hydrogens (tertiary/aromatic N) is 2. The lowest BCUT2D eigenvalue weighted by atomic mass is 10.3. The van der Waals surface area contributed by atoms with Gasteiger partial charge in [0.1, 0.15) is 0 Å². The third kappa shape index (κ3) is 4.27. The highest BCUT2D eigenvalue weighted by atomic mass is 32.2. The van der Waals surface area contributed by atoms with Crippen molar-refractivity contribution in [2.24, 2.45) is 0 Å². The van der Waals surface area contributed by atoms with Crippen LogP contribution in [0.3, 0.4) is 0 Å². The first-order chi connectivity index (χ1) is 9.95. The van der Waals surface area contributed by atoms with Crippen LogP contribution in [0.4, 0.5) is 10.8 Å². The van der Waals surface area contributed by atoms with Crippen LogP contribution in [0.1, 0.15) is 12.6 Å². The zero-order chi connectivity index (χ0) is 15.4. The molecular weight excluding hydrogens is 310 g/mol. The molecule has 6 nitrogen and oxygen atoms in total. The quantitative estimate of drug-likeness (QED) is 0.517. The van der Waals surface area contributed by atoms with Crippen LogP contribution in [0.25, 0.3) is 0 Å². The zero-order valence-corrected chi connectivity index (χ0v) is 13.0. The van der Waals surface area contributed by atoms with E-state index in [1.807, 2.05) is 12.3 Å². The number of nitro benzene ring substituents is 1. The van der Waals surface area contributed by atoms with E-state index in [0.717, 1.165) is 10.6 Å². The first kappa shape index (κ1) is 15.5. The molecule has 1 amide bonds. The van der Waals surface area contributed by atoms with E-state index >= 15 is 0 Å². The molecule has 1 aromatic heterocycles. The van der Waals surface area contributed by atoms with Crippen molar-refractivity contribution in [2.75, 3.05) is 5.32 Å². The fourth-order valence-electron chi connectivity index (χ4n) is 1.52. The Morgan fingerprint density at radius 3 is 2.62 bits per heavy atom. The molecule has 21 heavy (non-hydrogen) atoms. The summed E-state index contributed by atoms with van der Waals surface area (Å²) in [4.78, 5) is 27.1. The van der Waals surface area contributed by atoms with E-state index in [1.54, 1.807) is 19.1 Å². The van der Waals surface area contributed by atoms with Crippen LogP contribution in [0, 0.1) is 17.0 Å². The summed E-state index contributed by atoms with van der Waals surface area (Å²) in [6, 6.07) is 6.13. The molecule has 0 aliphatic heterocycles. The molecule has 0 radical (unpaired) electrons. The molecular formula is C13H13N3O3S2. The van der Waals surface area contributed by atoms with Crippen LogP contribution in [0.5, 0.6) is 0 Å². The molecule has 1 N–H and O–H groups in total. The van der Waals surface area contributed by atoms with Crippen molar-refractivity contribution in [1.82, 2.24) is 4.98 Å². The molecule has 0 bridgehead atoms. The van der Waals surface area contributed by atoms with Crippen LogP contribution >= 0.6 is 23.1 Å². The number of thiazole rings is 1. The van der Waals surface area contributed by atoms with Gasteiger partial charge in [-0.1, -0.05) is 0 Å².